The van der Waals surface area contributed by atoms with Gasteiger partial charge < -0.3 is 40.3 Å². The fourth-order valence-corrected chi connectivity index (χ4v) is 9.91. The highest BCUT2D eigenvalue weighted by molar-refractivity contribution is 7.13. The lowest BCUT2D eigenvalue weighted by Gasteiger charge is -2.51. The number of carbonyl (C=O) groups excluding carboxylic acids is 4. The largest absolute Gasteiger partial charge is 0.490 e. The molecule has 18 heteroatoms. The Bertz CT molecular complexity index is 2480. The molecule has 1 saturated carbocycles. The van der Waals surface area contributed by atoms with E-state index in [1.54, 1.807) is 41.8 Å². The van der Waals surface area contributed by atoms with Crippen molar-refractivity contribution >= 4 is 52.4 Å². The second-order valence-corrected chi connectivity index (χ2v) is 20.9. The predicted molar refractivity (Wildman–Crippen MR) is 260 cm³/mol. The number of nitriles is 1. The molecule has 6 atom stereocenters. The van der Waals surface area contributed by atoms with Crippen LogP contribution in [0.5, 0.6) is 5.75 Å². The van der Waals surface area contributed by atoms with Crippen LogP contribution in [0.15, 0.2) is 66.3 Å². The number of aryl methyl sites for hydroxylation is 1. The SMILES string of the molecule is Cc1ncsc1-c1ccc([C@H](C)NC(=O)[C@@H]2C[C@@H](O)CN2C(=O)C(NC(=O)COCCN2CCN(c3ccc(C(=O)N[C@H]4CC(Oc5ccc(C#N)c(Cl)c5)C4(C)C)cn3)CC2)C(C)(C)C)cc1. The van der Waals surface area contributed by atoms with E-state index in [0.29, 0.717) is 41.5 Å². The van der Waals surface area contributed by atoms with Crippen molar-refractivity contribution in [1.82, 2.24) is 35.7 Å². The Balaban J connectivity index is 0.817. The Morgan fingerprint density at radius 1 is 1.01 bits per heavy atom. The third-order valence-corrected chi connectivity index (χ3v) is 14.7. The highest BCUT2D eigenvalue weighted by atomic mass is 35.5. The summed E-state index contributed by atoms with van der Waals surface area (Å²) in [4.78, 5) is 70.1. The van der Waals surface area contributed by atoms with E-state index >= 15 is 0 Å². The molecule has 3 fully saturated rings. The number of β-amino-alcohol motifs (C(OH)–C–C–N with tert-alkyl or cyclic N) is 1. The standard InChI is InChI=1S/C50H62ClN9O7S/c1-30(32-8-10-33(11-9-32)44-31(2)54-29-68-44)55-47(64)39-22-36(61)27-60(39)48(65)45(49(3,4)5)57-43(62)28-66-21-20-58-16-18-59(19-17-58)42-15-13-35(26-53-42)46(63)56-40-24-41(50(40,6)7)67-37-14-12-34(25-52)38(51)23-37/h8-15,23,26,29-30,36,39-41,45,61H,16-22,24,27-28H2,1-7H3,(H,55,64)(H,56,63)(H,57,62)/t30-,36+,39-,40-,41?,45?/m0/s1. The molecule has 2 aromatic carbocycles. The number of pyridine rings is 1. The summed E-state index contributed by atoms with van der Waals surface area (Å²) in [6.07, 6.45) is 1.31. The van der Waals surface area contributed by atoms with Crippen molar-refractivity contribution in [3.63, 3.8) is 0 Å². The molecule has 2 aromatic heterocycles. The summed E-state index contributed by atoms with van der Waals surface area (Å²) in [6.45, 7) is 17.1. The van der Waals surface area contributed by atoms with Crippen molar-refractivity contribution in [1.29, 1.82) is 5.26 Å². The first-order valence-corrected chi connectivity index (χ1v) is 24.3. The number of aliphatic hydroxyl groups is 1. The molecule has 0 spiro atoms. The normalized spacial score (nSPS) is 21.2. The van der Waals surface area contributed by atoms with Crippen LogP contribution in [0.25, 0.3) is 10.4 Å². The molecule has 0 radical (unpaired) electrons. The van der Waals surface area contributed by atoms with Crippen molar-refractivity contribution < 1.29 is 33.8 Å². The van der Waals surface area contributed by atoms with Crippen LogP contribution in [0.1, 0.15) is 87.6 Å². The maximum atomic E-state index is 14.1. The van der Waals surface area contributed by atoms with Gasteiger partial charge in [0.15, 0.2) is 0 Å². The molecule has 16 nitrogen and oxygen atoms in total. The quantitative estimate of drug-likeness (QED) is 0.103. The van der Waals surface area contributed by atoms with Gasteiger partial charge in [0.2, 0.25) is 17.7 Å². The second kappa shape index (κ2) is 21.3. The zero-order chi connectivity index (χ0) is 48.9. The third kappa shape index (κ3) is 11.8. The topological polar surface area (TPSA) is 202 Å². The van der Waals surface area contributed by atoms with Crippen LogP contribution in [0.4, 0.5) is 5.82 Å². The Kier molecular flexibility index (Phi) is 15.8. The minimum atomic E-state index is -0.963. The van der Waals surface area contributed by atoms with Crippen LogP contribution >= 0.6 is 22.9 Å². The number of halogens is 1. The van der Waals surface area contributed by atoms with Gasteiger partial charge in [-0.05, 0) is 54.7 Å². The summed E-state index contributed by atoms with van der Waals surface area (Å²) in [5.41, 5.74) is 4.55. The van der Waals surface area contributed by atoms with Gasteiger partial charge in [0.1, 0.15) is 42.4 Å². The Labute approximate surface area is 407 Å². The first kappa shape index (κ1) is 50.2. The number of thiazole rings is 1. The molecule has 4 heterocycles. The lowest BCUT2D eigenvalue weighted by molar-refractivity contribution is -0.144. The van der Waals surface area contributed by atoms with E-state index in [1.165, 1.54) is 4.90 Å². The van der Waals surface area contributed by atoms with Crippen LogP contribution in [0, 0.1) is 29.1 Å². The number of rotatable bonds is 16. The molecule has 7 rings (SSSR count). The summed E-state index contributed by atoms with van der Waals surface area (Å²) in [7, 11) is 0. The minimum Gasteiger partial charge on any atom is -0.490 e. The van der Waals surface area contributed by atoms with Crippen LogP contribution < -0.4 is 25.6 Å². The van der Waals surface area contributed by atoms with Crippen molar-refractivity contribution in [2.45, 2.75) is 97.7 Å². The summed E-state index contributed by atoms with van der Waals surface area (Å²) < 4.78 is 11.9. The van der Waals surface area contributed by atoms with Crippen molar-refractivity contribution in [3.8, 4) is 22.3 Å². The molecule has 2 saturated heterocycles. The van der Waals surface area contributed by atoms with E-state index in [4.69, 9.17) is 26.3 Å². The molecular formula is C50H62ClN9O7S. The molecule has 2 aliphatic heterocycles. The lowest BCUT2D eigenvalue weighted by Crippen LogP contribution is -2.63. The number of hydrogen-bond acceptors (Lipinski definition) is 13. The Morgan fingerprint density at radius 3 is 2.37 bits per heavy atom. The van der Waals surface area contributed by atoms with E-state index in [9.17, 15) is 24.3 Å². The zero-order valence-electron chi connectivity index (χ0n) is 39.8. The number of likely N-dealkylation sites (tertiary alicyclic amines) is 1. The fourth-order valence-electron chi connectivity index (χ4n) is 8.88. The van der Waals surface area contributed by atoms with Gasteiger partial charge in [-0.3, -0.25) is 24.1 Å². The number of benzene rings is 2. The van der Waals surface area contributed by atoms with E-state index < -0.39 is 35.4 Å². The first-order valence-electron chi connectivity index (χ1n) is 23.1. The zero-order valence-corrected chi connectivity index (χ0v) is 41.3. The minimum absolute atomic E-state index is 0.0176. The van der Waals surface area contributed by atoms with Gasteiger partial charge in [-0.15, -0.1) is 11.3 Å². The second-order valence-electron chi connectivity index (χ2n) is 19.6. The number of aromatic nitrogens is 2. The molecule has 362 valence electrons. The molecule has 4 aromatic rings. The molecule has 1 aliphatic carbocycles. The number of aliphatic hydroxyl groups excluding tert-OH is 1. The molecule has 68 heavy (non-hydrogen) atoms. The molecule has 0 bridgehead atoms. The van der Waals surface area contributed by atoms with Crippen molar-refractivity contribution in [2.24, 2.45) is 10.8 Å². The maximum absolute atomic E-state index is 14.1. The number of nitrogens with zero attached hydrogens (tertiary/aromatic N) is 6. The number of anilines is 1. The van der Waals surface area contributed by atoms with E-state index in [0.717, 1.165) is 53.7 Å². The van der Waals surface area contributed by atoms with Crippen LogP contribution in [-0.2, 0) is 19.1 Å². The lowest BCUT2D eigenvalue weighted by atomic mass is 9.64. The fraction of sp³-hybridized carbons (Fsp3) is 0.500. The number of nitrogens with one attached hydrogen (secondary N) is 3. The van der Waals surface area contributed by atoms with E-state index in [-0.39, 0.29) is 55.0 Å². The molecule has 3 aliphatic rings. The van der Waals surface area contributed by atoms with E-state index in [2.05, 4.69) is 35.7 Å². The number of amides is 4. The van der Waals surface area contributed by atoms with Gasteiger partial charge in [0, 0.05) is 75.8 Å². The molecule has 4 amide bonds. The number of piperazine rings is 1. The first-order chi connectivity index (χ1) is 32.3. The highest BCUT2D eigenvalue weighted by Gasteiger charge is 2.51. The monoisotopic (exact) mass is 967 g/mol. The molecule has 2 unspecified atom stereocenters. The average Bonchev–Trinajstić information content (AvgIpc) is 3.94. The van der Waals surface area contributed by atoms with Gasteiger partial charge in [-0.2, -0.15) is 5.26 Å². The average molecular weight is 969 g/mol. The van der Waals surface area contributed by atoms with Gasteiger partial charge >= 0.3 is 0 Å². The van der Waals surface area contributed by atoms with Gasteiger partial charge in [0.25, 0.3) is 5.91 Å². The van der Waals surface area contributed by atoms with Gasteiger partial charge in [-0.25, -0.2) is 9.97 Å². The molecular weight excluding hydrogens is 906 g/mol. The summed E-state index contributed by atoms with van der Waals surface area (Å²) in [5, 5.41) is 29.2. The van der Waals surface area contributed by atoms with Crippen LogP contribution in [0.2, 0.25) is 5.02 Å². The van der Waals surface area contributed by atoms with Crippen molar-refractivity contribution in [3.05, 3.63) is 93.7 Å². The summed E-state index contributed by atoms with van der Waals surface area (Å²) >= 11 is 7.76. The van der Waals surface area contributed by atoms with E-state index in [1.807, 2.05) is 90.4 Å². The third-order valence-electron chi connectivity index (χ3n) is 13.4. The maximum Gasteiger partial charge on any atom is 0.253 e. The Morgan fingerprint density at radius 2 is 1.75 bits per heavy atom. The number of hydrogen-bond donors (Lipinski definition) is 4. The Hall–Kier alpha value is -5.64. The predicted octanol–water partition coefficient (Wildman–Crippen LogP) is 5.52. The summed E-state index contributed by atoms with van der Waals surface area (Å²) in [6, 6.07) is 16.3. The number of carbonyl (C=O) groups is 4. The summed E-state index contributed by atoms with van der Waals surface area (Å²) in [5.74, 6) is -0.0863. The van der Waals surface area contributed by atoms with Gasteiger partial charge in [0.05, 0.1) is 51.0 Å². The number of ether oxygens (including phenoxy) is 2. The van der Waals surface area contributed by atoms with Gasteiger partial charge in [-0.1, -0.05) is 70.5 Å². The smallest absolute Gasteiger partial charge is 0.253 e. The van der Waals surface area contributed by atoms with Crippen LogP contribution in [0.3, 0.4) is 0 Å². The van der Waals surface area contributed by atoms with Crippen LogP contribution in [-0.4, -0.2) is 131 Å². The molecule has 4 N–H and O–H groups in total. The van der Waals surface area contributed by atoms with Crippen molar-refractivity contribution in [2.75, 3.05) is 57.4 Å². The highest BCUT2D eigenvalue weighted by Crippen LogP contribution is 2.43.